The first-order valence-corrected chi connectivity index (χ1v) is 13.9. The van der Waals surface area contributed by atoms with Crippen LogP contribution in [-0.4, -0.2) is 44.9 Å². The summed E-state index contributed by atoms with van der Waals surface area (Å²) in [6.07, 6.45) is 3.61. The van der Waals surface area contributed by atoms with Crippen molar-refractivity contribution < 1.29 is 14.3 Å². The lowest BCUT2D eigenvalue weighted by molar-refractivity contribution is -0.119. The summed E-state index contributed by atoms with van der Waals surface area (Å²) < 4.78 is 6.86. The molecule has 0 saturated carbocycles. The highest BCUT2D eigenvalue weighted by Gasteiger charge is 2.18. The Hall–Kier alpha value is -5.39. The average Bonchev–Trinajstić information content (AvgIpc) is 3.67. The number of anilines is 4. The molecule has 0 bridgehead atoms. The molecular weight excluding hydrogens is 550 g/mol. The standard InChI is InChI=1S/C31H25N7O3S/c1-41-19-27(39)33-22-9-5-10-23(18-22)35-31-32-14-13-24(36-31)29-28(37-26-12-2-3-15-38(26)29)20-7-4-8-21(17-20)34-30(40)25-11-6-16-42-25/h2-18H,19H2,1H3,(H,33,39)(H,34,40)(H,32,35,36). The van der Waals surface area contributed by atoms with Crippen LogP contribution in [0.5, 0.6) is 0 Å². The van der Waals surface area contributed by atoms with Gasteiger partial charge in [0.25, 0.3) is 5.91 Å². The molecule has 0 unspecified atom stereocenters. The molecule has 0 atom stereocenters. The third kappa shape index (κ3) is 5.87. The number of imidazole rings is 1. The first-order chi connectivity index (χ1) is 20.6. The Kier molecular flexibility index (Phi) is 7.66. The second-order valence-electron chi connectivity index (χ2n) is 9.20. The zero-order valence-electron chi connectivity index (χ0n) is 22.4. The quantitative estimate of drug-likeness (QED) is 0.190. The lowest BCUT2D eigenvalue weighted by Gasteiger charge is -2.10. The van der Waals surface area contributed by atoms with Gasteiger partial charge in [-0.25, -0.2) is 15.0 Å². The van der Waals surface area contributed by atoms with E-state index in [1.54, 1.807) is 24.4 Å². The second kappa shape index (κ2) is 12.0. The molecule has 2 amide bonds. The van der Waals surface area contributed by atoms with Gasteiger partial charge in [0.2, 0.25) is 11.9 Å². The number of aromatic nitrogens is 4. The van der Waals surface area contributed by atoms with Crippen LogP contribution in [0.2, 0.25) is 0 Å². The van der Waals surface area contributed by atoms with E-state index in [1.807, 2.05) is 82.7 Å². The van der Waals surface area contributed by atoms with Gasteiger partial charge < -0.3 is 20.7 Å². The van der Waals surface area contributed by atoms with Crippen molar-refractivity contribution in [2.45, 2.75) is 0 Å². The fourth-order valence-corrected chi connectivity index (χ4v) is 5.09. The van der Waals surface area contributed by atoms with Crippen molar-refractivity contribution >= 4 is 51.8 Å². The molecule has 3 N–H and O–H groups in total. The van der Waals surface area contributed by atoms with E-state index < -0.39 is 0 Å². The predicted octanol–water partition coefficient (Wildman–Crippen LogP) is 6.10. The number of ether oxygens (including phenoxy) is 1. The summed E-state index contributed by atoms with van der Waals surface area (Å²) in [5, 5.41) is 10.9. The van der Waals surface area contributed by atoms with Crippen LogP contribution in [0.1, 0.15) is 9.67 Å². The maximum absolute atomic E-state index is 12.7. The van der Waals surface area contributed by atoms with Crippen LogP contribution in [0.15, 0.2) is 103 Å². The fraction of sp³-hybridized carbons (Fsp3) is 0.0645. The average molecular weight is 576 g/mol. The molecule has 4 aromatic heterocycles. The van der Waals surface area contributed by atoms with Crippen LogP contribution >= 0.6 is 11.3 Å². The molecule has 4 heterocycles. The second-order valence-corrected chi connectivity index (χ2v) is 10.2. The lowest BCUT2D eigenvalue weighted by Crippen LogP contribution is -2.17. The number of amides is 2. The number of hydrogen-bond donors (Lipinski definition) is 3. The molecule has 0 aliphatic rings. The number of pyridine rings is 1. The smallest absolute Gasteiger partial charge is 0.265 e. The van der Waals surface area contributed by atoms with Gasteiger partial charge in [-0.3, -0.25) is 14.0 Å². The zero-order valence-corrected chi connectivity index (χ0v) is 23.3. The van der Waals surface area contributed by atoms with Crippen molar-refractivity contribution in [1.82, 2.24) is 19.4 Å². The van der Waals surface area contributed by atoms with Gasteiger partial charge in [-0.05, 0) is 60.0 Å². The van der Waals surface area contributed by atoms with Gasteiger partial charge in [-0.2, -0.15) is 0 Å². The highest BCUT2D eigenvalue weighted by molar-refractivity contribution is 7.12. The highest BCUT2D eigenvalue weighted by Crippen LogP contribution is 2.33. The Bertz CT molecular complexity index is 1890. The molecule has 0 aliphatic carbocycles. The molecule has 0 saturated heterocycles. The van der Waals surface area contributed by atoms with Gasteiger partial charge >= 0.3 is 0 Å². The van der Waals surface area contributed by atoms with Gasteiger partial charge in [0.1, 0.15) is 12.3 Å². The molecule has 0 radical (unpaired) electrons. The number of hydrogen-bond acceptors (Lipinski definition) is 8. The molecule has 10 nitrogen and oxygen atoms in total. The van der Waals surface area contributed by atoms with E-state index in [-0.39, 0.29) is 18.4 Å². The van der Waals surface area contributed by atoms with Crippen LogP contribution in [0, 0.1) is 0 Å². The Labute approximate surface area is 245 Å². The maximum atomic E-state index is 12.7. The van der Waals surface area contributed by atoms with Crippen molar-refractivity contribution in [1.29, 1.82) is 0 Å². The molecule has 6 rings (SSSR count). The Balaban J connectivity index is 1.33. The summed E-state index contributed by atoms with van der Waals surface area (Å²) in [5.74, 6) is -0.0314. The van der Waals surface area contributed by atoms with Gasteiger partial charge in [-0.1, -0.05) is 30.3 Å². The van der Waals surface area contributed by atoms with Crippen molar-refractivity contribution in [2.75, 3.05) is 29.7 Å². The van der Waals surface area contributed by atoms with Gasteiger partial charge in [0.15, 0.2) is 0 Å². The molecule has 0 spiro atoms. The zero-order chi connectivity index (χ0) is 28.9. The largest absolute Gasteiger partial charge is 0.375 e. The number of carbonyl (C=O) groups is 2. The van der Waals surface area contributed by atoms with E-state index in [0.717, 1.165) is 16.9 Å². The summed E-state index contributed by atoms with van der Waals surface area (Å²) in [7, 11) is 1.47. The van der Waals surface area contributed by atoms with Crippen LogP contribution in [0.3, 0.4) is 0 Å². The van der Waals surface area contributed by atoms with Crippen LogP contribution < -0.4 is 16.0 Å². The van der Waals surface area contributed by atoms with Crippen LogP contribution in [-0.2, 0) is 9.53 Å². The summed E-state index contributed by atoms with van der Waals surface area (Å²) in [5.41, 5.74) is 5.70. The SMILES string of the molecule is COCC(=O)Nc1cccc(Nc2nccc(-c3c(-c4cccc(NC(=O)c5cccs5)c4)nc4ccccn34)n2)c1. The minimum atomic E-state index is -0.247. The van der Waals surface area contributed by atoms with E-state index in [4.69, 9.17) is 14.7 Å². The van der Waals surface area contributed by atoms with Gasteiger partial charge in [-0.15, -0.1) is 11.3 Å². The van der Waals surface area contributed by atoms with Gasteiger partial charge in [0, 0.05) is 42.1 Å². The number of thiophene rings is 1. The molecular formula is C31H25N7O3S. The molecule has 0 fully saturated rings. The summed E-state index contributed by atoms with van der Waals surface area (Å²) in [6.45, 7) is -0.0334. The number of carbonyl (C=O) groups excluding carboxylic acids is 2. The number of methoxy groups -OCH3 is 1. The maximum Gasteiger partial charge on any atom is 0.265 e. The third-order valence-corrected chi connectivity index (χ3v) is 7.11. The fourth-order valence-electron chi connectivity index (χ4n) is 4.47. The minimum absolute atomic E-state index is 0.0334. The third-order valence-electron chi connectivity index (χ3n) is 6.24. The van der Waals surface area contributed by atoms with Crippen LogP contribution in [0.25, 0.3) is 28.3 Å². The molecule has 42 heavy (non-hydrogen) atoms. The molecule has 2 aromatic carbocycles. The monoisotopic (exact) mass is 575 g/mol. The van der Waals surface area contributed by atoms with E-state index in [9.17, 15) is 9.59 Å². The van der Waals surface area contributed by atoms with E-state index >= 15 is 0 Å². The number of benzene rings is 2. The van der Waals surface area contributed by atoms with Crippen molar-refractivity contribution in [3.63, 3.8) is 0 Å². The van der Waals surface area contributed by atoms with E-state index in [0.29, 0.717) is 39.3 Å². The number of rotatable bonds is 9. The van der Waals surface area contributed by atoms with Crippen molar-refractivity contribution in [2.24, 2.45) is 0 Å². The Morgan fingerprint density at radius 1 is 0.881 bits per heavy atom. The summed E-state index contributed by atoms with van der Waals surface area (Å²) in [6, 6.07) is 26.1. The first-order valence-electron chi connectivity index (χ1n) is 13.0. The van der Waals surface area contributed by atoms with E-state index in [2.05, 4.69) is 20.9 Å². The predicted molar refractivity (Wildman–Crippen MR) is 164 cm³/mol. The highest BCUT2D eigenvalue weighted by atomic mass is 32.1. The molecule has 0 aliphatic heterocycles. The molecule has 11 heteroatoms. The lowest BCUT2D eigenvalue weighted by atomic mass is 10.1. The number of nitrogens with one attached hydrogen (secondary N) is 3. The normalized spacial score (nSPS) is 10.9. The Morgan fingerprint density at radius 2 is 1.71 bits per heavy atom. The van der Waals surface area contributed by atoms with Crippen molar-refractivity contribution in [3.05, 3.63) is 108 Å². The summed E-state index contributed by atoms with van der Waals surface area (Å²) in [4.78, 5) is 39.4. The first kappa shape index (κ1) is 26.8. The van der Waals surface area contributed by atoms with E-state index in [1.165, 1.54) is 18.4 Å². The molecule has 208 valence electrons. The number of fused-ring (bicyclic) bond motifs is 1. The van der Waals surface area contributed by atoms with Crippen molar-refractivity contribution in [3.8, 4) is 22.6 Å². The van der Waals surface area contributed by atoms with Gasteiger partial charge in [0.05, 0.1) is 22.0 Å². The van der Waals surface area contributed by atoms with Crippen LogP contribution in [0.4, 0.5) is 23.0 Å². The number of nitrogens with zero attached hydrogens (tertiary/aromatic N) is 4. The molecule has 6 aromatic rings. The summed E-state index contributed by atoms with van der Waals surface area (Å²) >= 11 is 1.39. The Morgan fingerprint density at radius 3 is 2.55 bits per heavy atom. The minimum Gasteiger partial charge on any atom is -0.375 e. The topological polar surface area (TPSA) is 123 Å².